The molecule has 0 unspecified atom stereocenters. The first-order valence-electron chi connectivity index (χ1n) is 6.17. The standard InChI is InChI=1S/C13H18Cl2N2O2/c1-9(2)3-5-19-6-4-16-13(18)10-7-12(15)17-8-11(10)14/h7-9H,3-6H2,1-2H3,(H,16,18). The number of carbonyl (C=O) groups is 1. The molecular formula is C13H18Cl2N2O2. The fourth-order valence-corrected chi connectivity index (χ4v) is 1.69. The van der Waals surface area contributed by atoms with Gasteiger partial charge in [-0.25, -0.2) is 4.98 Å². The van der Waals surface area contributed by atoms with Gasteiger partial charge in [-0.2, -0.15) is 0 Å². The average Bonchev–Trinajstić information content (AvgIpc) is 2.36. The van der Waals surface area contributed by atoms with Crippen molar-refractivity contribution >= 4 is 29.1 Å². The van der Waals surface area contributed by atoms with Gasteiger partial charge in [-0.15, -0.1) is 0 Å². The molecule has 0 aromatic carbocycles. The van der Waals surface area contributed by atoms with Crippen LogP contribution in [-0.2, 0) is 4.74 Å². The first-order chi connectivity index (χ1) is 9.00. The van der Waals surface area contributed by atoms with E-state index in [9.17, 15) is 4.79 Å². The maximum atomic E-state index is 11.8. The van der Waals surface area contributed by atoms with Crippen LogP contribution in [0.4, 0.5) is 0 Å². The van der Waals surface area contributed by atoms with Crippen molar-refractivity contribution in [3.8, 4) is 0 Å². The topological polar surface area (TPSA) is 51.2 Å². The summed E-state index contributed by atoms with van der Waals surface area (Å²) in [6.45, 7) is 5.90. The van der Waals surface area contributed by atoms with Crippen LogP contribution in [0.1, 0.15) is 30.6 Å². The lowest BCUT2D eigenvalue weighted by Gasteiger charge is -2.08. The second kappa shape index (κ2) is 8.35. The summed E-state index contributed by atoms with van der Waals surface area (Å²) >= 11 is 11.6. The zero-order chi connectivity index (χ0) is 14.3. The minimum Gasteiger partial charge on any atom is -0.380 e. The van der Waals surface area contributed by atoms with Gasteiger partial charge in [0, 0.05) is 19.3 Å². The van der Waals surface area contributed by atoms with E-state index in [0.29, 0.717) is 31.2 Å². The van der Waals surface area contributed by atoms with Crippen molar-refractivity contribution in [3.63, 3.8) is 0 Å². The molecule has 0 fully saturated rings. The fraction of sp³-hybridized carbons (Fsp3) is 0.538. The van der Waals surface area contributed by atoms with Gasteiger partial charge in [0.05, 0.1) is 17.2 Å². The van der Waals surface area contributed by atoms with Gasteiger partial charge in [0.1, 0.15) is 5.15 Å². The predicted octanol–water partition coefficient (Wildman–Crippen LogP) is 3.18. The molecule has 106 valence electrons. The van der Waals surface area contributed by atoms with Gasteiger partial charge in [-0.3, -0.25) is 4.79 Å². The van der Waals surface area contributed by atoms with E-state index in [1.165, 1.54) is 12.3 Å². The number of hydrogen-bond acceptors (Lipinski definition) is 3. The van der Waals surface area contributed by atoms with Gasteiger partial charge in [0.25, 0.3) is 5.91 Å². The Bertz CT molecular complexity index is 425. The Morgan fingerprint density at radius 2 is 2.16 bits per heavy atom. The maximum absolute atomic E-state index is 11.8. The minimum atomic E-state index is -0.276. The number of carbonyl (C=O) groups excluding carboxylic acids is 1. The summed E-state index contributed by atoms with van der Waals surface area (Å²) in [5.74, 6) is 0.342. The molecule has 0 spiro atoms. The second-order valence-electron chi connectivity index (χ2n) is 4.54. The van der Waals surface area contributed by atoms with Crippen LogP contribution < -0.4 is 5.32 Å². The summed E-state index contributed by atoms with van der Waals surface area (Å²) in [4.78, 5) is 15.6. The van der Waals surface area contributed by atoms with Crippen LogP contribution in [0.3, 0.4) is 0 Å². The lowest BCUT2D eigenvalue weighted by Crippen LogP contribution is -2.27. The highest BCUT2D eigenvalue weighted by Crippen LogP contribution is 2.17. The van der Waals surface area contributed by atoms with Crippen molar-refractivity contribution in [2.75, 3.05) is 19.8 Å². The van der Waals surface area contributed by atoms with Gasteiger partial charge in [-0.05, 0) is 18.4 Å². The number of aromatic nitrogens is 1. The monoisotopic (exact) mass is 304 g/mol. The predicted molar refractivity (Wildman–Crippen MR) is 76.9 cm³/mol. The van der Waals surface area contributed by atoms with E-state index >= 15 is 0 Å². The molecule has 0 aliphatic carbocycles. The zero-order valence-electron chi connectivity index (χ0n) is 11.1. The Morgan fingerprint density at radius 3 is 2.84 bits per heavy atom. The summed E-state index contributed by atoms with van der Waals surface area (Å²) in [5, 5.41) is 3.24. The molecule has 1 rings (SSSR count). The first kappa shape index (κ1) is 16.2. The van der Waals surface area contributed by atoms with E-state index in [2.05, 4.69) is 24.1 Å². The summed E-state index contributed by atoms with van der Waals surface area (Å²) < 4.78 is 5.40. The van der Waals surface area contributed by atoms with Gasteiger partial charge < -0.3 is 10.1 Å². The lowest BCUT2D eigenvalue weighted by atomic mass is 10.1. The molecule has 19 heavy (non-hydrogen) atoms. The molecule has 0 saturated heterocycles. The summed E-state index contributed by atoms with van der Waals surface area (Å²) in [7, 11) is 0. The minimum absolute atomic E-state index is 0.239. The second-order valence-corrected chi connectivity index (χ2v) is 5.33. The highest BCUT2D eigenvalue weighted by molar-refractivity contribution is 6.35. The fourth-order valence-electron chi connectivity index (χ4n) is 1.34. The third-order valence-electron chi connectivity index (χ3n) is 2.44. The number of hydrogen-bond donors (Lipinski definition) is 1. The molecule has 1 N–H and O–H groups in total. The maximum Gasteiger partial charge on any atom is 0.253 e. The highest BCUT2D eigenvalue weighted by Gasteiger charge is 2.10. The molecule has 0 aliphatic rings. The van der Waals surface area contributed by atoms with Crippen molar-refractivity contribution in [1.82, 2.24) is 10.3 Å². The number of nitrogens with one attached hydrogen (secondary N) is 1. The van der Waals surface area contributed by atoms with Crippen LogP contribution in [-0.4, -0.2) is 30.6 Å². The van der Waals surface area contributed by atoms with E-state index in [1.54, 1.807) is 0 Å². The Hall–Kier alpha value is -0.840. The van der Waals surface area contributed by atoms with Gasteiger partial charge in [0.15, 0.2) is 0 Å². The van der Waals surface area contributed by atoms with Crippen molar-refractivity contribution in [2.45, 2.75) is 20.3 Å². The van der Waals surface area contributed by atoms with Crippen molar-refractivity contribution < 1.29 is 9.53 Å². The van der Waals surface area contributed by atoms with Crippen molar-refractivity contribution in [1.29, 1.82) is 0 Å². The Kier molecular flexibility index (Phi) is 7.13. The summed E-state index contributed by atoms with van der Waals surface area (Å²) in [6.07, 6.45) is 2.37. The van der Waals surface area contributed by atoms with Crippen LogP contribution in [0.15, 0.2) is 12.3 Å². The van der Waals surface area contributed by atoms with Crippen LogP contribution in [0.5, 0.6) is 0 Å². The van der Waals surface area contributed by atoms with Crippen molar-refractivity contribution in [3.05, 3.63) is 28.0 Å². The van der Waals surface area contributed by atoms with Gasteiger partial charge in [0.2, 0.25) is 0 Å². The molecule has 1 aromatic heterocycles. The quantitative estimate of drug-likeness (QED) is 0.622. The van der Waals surface area contributed by atoms with E-state index < -0.39 is 0 Å². The number of pyridine rings is 1. The van der Waals surface area contributed by atoms with Crippen LogP contribution >= 0.6 is 23.2 Å². The average molecular weight is 305 g/mol. The van der Waals surface area contributed by atoms with Crippen LogP contribution in [0, 0.1) is 5.92 Å². The molecule has 1 amide bonds. The smallest absolute Gasteiger partial charge is 0.253 e. The molecule has 0 radical (unpaired) electrons. The van der Waals surface area contributed by atoms with E-state index in [0.717, 1.165) is 6.42 Å². The first-order valence-corrected chi connectivity index (χ1v) is 6.93. The SMILES string of the molecule is CC(C)CCOCCNC(=O)c1cc(Cl)ncc1Cl. The van der Waals surface area contributed by atoms with E-state index in [4.69, 9.17) is 27.9 Å². The molecule has 0 aliphatic heterocycles. The molecular weight excluding hydrogens is 287 g/mol. The molecule has 0 saturated carbocycles. The summed E-state index contributed by atoms with van der Waals surface area (Å²) in [5.41, 5.74) is 0.323. The number of rotatable bonds is 7. The van der Waals surface area contributed by atoms with Crippen LogP contribution in [0.25, 0.3) is 0 Å². The summed E-state index contributed by atoms with van der Waals surface area (Å²) in [6, 6.07) is 1.44. The number of nitrogens with zero attached hydrogens (tertiary/aromatic N) is 1. The molecule has 4 nitrogen and oxygen atoms in total. The molecule has 1 heterocycles. The number of ether oxygens (including phenoxy) is 1. The lowest BCUT2D eigenvalue weighted by molar-refractivity contribution is 0.0906. The Labute approximate surface area is 123 Å². The van der Waals surface area contributed by atoms with Crippen LogP contribution in [0.2, 0.25) is 10.2 Å². The molecule has 1 aromatic rings. The third-order valence-corrected chi connectivity index (χ3v) is 2.95. The molecule has 6 heteroatoms. The molecule has 0 bridgehead atoms. The number of amides is 1. The van der Waals surface area contributed by atoms with Crippen molar-refractivity contribution in [2.24, 2.45) is 5.92 Å². The number of halogens is 2. The van der Waals surface area contributed by atoms with E-state index in [1.807, 2.05) is 0 Å². The normalized spacial score (nSPS) is 10.8. The largest absolute Gasteiger partial charge is 0.380 e. The van der Waals surface area contributed by atoms with Gasteiger partial charge in [-0.1, -0.05) is 37.0 Å². The zero-order valence-corrected chi connectivity index (χ0v) is 12.6. The highest BCUT2D eigenvalue weighted by atomic mass is 35.5. The van der Waals surface area contributed by atoms with E-state index in [-0.39, 0.29) is 16.1 Å². The molecule has 0 atom stereocenters. The Balaban J connectivity index is 2.29. The third kappa shape index (κ3) is 6.23. The van der Waals surface area contributed by atoms with Gasteiger partial charge >= 0.3 is 0 Å². The Morgan fingerprint density at radius 1 is 1.42 bits per heavy atom.